The summed E-state index contributed by atoms with van der Waals surface area (Å²) in [5, 5.41) is 9.44. The van der Waals surface area contributed by atoms with Gasteiger partial charge in [0.25, 0.3) is 5.91 Å². The molecule has 144 valence electrons. The summed E-state index contributed by atoms with van der Waals surface area (Å²) in [5.41, 5.74) is 2.57. The number of rotatable bonds is 6. The molecule has 2 N–H and O–H groups in total. The van der Waals surface area contributed by atoms with Gasteiger partial charge in [0, 0.05) is 28.4 Å². The number of benzene rings is 1. The van der Waals surface area contributed by atoms with E-state index in [-0.39, 0.29) is 11.5 Å². The second-order valence-electron chi connectivity index (χ2n) is 6.01. The molecular formula is C20H18N2O4S2. The zero-order valence-electron chi connectivity index (χ0n) is 15.3. The van der Waals surface area contributed by atoms with Crippen molar-refractivity contribution in [2.75, 3.05) is 17.2 Å². The van der Waals surface area contributed by atoms with Crippen molar-refractivity contribution in [2.24, 2.45) is 0 Å². The molecule has 0 saturated carbocycles. The zero-order valence-corrected chi connectivity index (χ0v) is 16.9. The van der Waals surface area contributed by atoms with E-state index in [1.54, 1.807) is 11.4 Å². The molecule has 1 aromatic carbocycles. The van der Waals surface area contributed by atoms with Gasteiger partial charge in [0.15, 0.2) is 6.61 Å². The molecule has 0 aliphatic carbocycles. The maximum absolute atomic E-state index is 12.7. The molecule has 3 aromatic rings. The van der Waals surface area contributed by atoms with E-state index in [9.17, 15) is 14.4 Å². The molecule has 2 aromatic heterocycles. The van der Waals surface area contributed by atoms with Gasteiger partial charge in [-0.3, -0.25) is 9.59 Å². The van der Waals surface area contributed by atoms with E-state index in [4.69, 9.17) is 4.74 Å². The number of thiophene rings is 2. The Morgan fingerprint density at radius 1 is 1.07 bits per heavy atom. The van der Waals surface area contributed by atoms with Gasteiger partial charge in [-0.2, -0.15) is 0 Å². The van der Waals surface area contributed by atoms with Gasteiger partial charge in [0.2, 0.25) is 5.91 Å². The van der Waals surface area contributed by atoms with Crippen LogP contribution in [-0.4, -0.2) is 24.4 Å². The van der Waals surface area contributed by atoms with E-state index in [1.165, 1.54) is 29.6 Å². The van der Waals surface area contributed by atoms with E-state index in [1.807, 2.05) is 42.6 Å². The van der Waals surface area contributed by atoms with E-state index >= 15 is 0 Å². The van der Waals surface area contributed by atoms with Crippen LogP contribution in [0.1, 0.15) is 22.8 Å². The van der Waals surface area contributed by atoms with Crippen LogP contribution in [0.2, 0.25) is 0 Å². The monoisotopic (exact) mass is 414 g/mol. The third-order valence-corrected chi connectivity index (χ3v) is 5.51. The quantitative estimate of drug-likeness (QED) is 0.580. The average Bonchev–Trinajstić information content (AvgIpc) is 3.28. The number of ether oxygens (including phenoxy) is 1. The smallest absolute Gasteiger partial charge is 0.342 e. The zero-order chi connectivity index (χ0) is 20.1. The number of esters is 1. The van der Waals surface area contributed by atoms with Crippen LogP contribution >= 0.6 is 22.7 Å². The standard InChI is InChI=1S/C20H18N2O4S2/c1-12-5-3-6-14(9-12)22-17(24)10-26-20(25)18-15(16-7-4-8-27-16)11-28-19(18)21-13(2)23/h3-9,11H,10H2,1-2H3,(H,21,23)(H,22,24). The number of aryl methyl sites for hydroxylation is 1. The number of anilines is 2. The lowest BCUT2D eigenvalue weighted by Gasteiger charge is -2.09. The lowest BCUT2D eigenvalue weighted by Crippen LogP contribution is -2.21. The van der Waals surface area contributed by atoms with Crippen LogP contribution in [0.5, 0.6) is 0 Å². The van der Waals surface area contributed by atoms with Crippen molar-refractivity contribution in [3.05, 3.63) is 58.3 Å². The third-order valence-electron chi connectivity index (χ3n) is 3.71. The minimum atomic E-state index is -0.659. The molecule has 2 heterocycles. The molecule has 6 nitrogen and oxygen atoms in total. The average molecular weight is 415 g/mol. The predicted molar refractivity (Wildman–Crippen MR) is 112 cm³/mol. The van der Waals surface area contributed by atoms with Crippen LogP contribution in [-0.2, 0) is 14.3 Å². The Balaban J connectivity index is 1.73. The lowest BCUT2D eigenvalue weighted by atomic mass is 10.1. The first kappa shape index (κ1) is 19.8. The Labute approximate surface area is 170 Å². The van der Waals surface area contributed by atoms with Crippen molar-refractivity contribution in [1.82, 2.24) is 0 Å². The van der Waals surface area contributed by atoms with E-state index in [0.29, 0.717) is 16.3 Å². The van der Waals surface area contributed by atoms with Crippen LogP contribution < -0.4 is 10.6 Å². The fourth-order valence-electron chi connectivity index (χ4n) is 2.55. The first-order chi connectivity index (χ1) is 13.4. The molecule has 0 radical (unpaired) electrons. The fraction of sp³-hybridized carbons (Fsp3) is 0.150. The summed E-state index contributed by atoms with van der Waals surface area (Å²) in [7, 11) is 0. The Morgan fingerprint density at radius 2 is 1.89 bits per heavy atom. The summed E-state index contributed by atoms with van der Waals surface area (Å²) in [4.78, 5) is 37.2. The highest BCUT2D eigenvalue weighted by Gasteiger charge is 2.23. The van der Waals surface area contributed by atoms with Gasteiger partial charge in [0.05, 0.1) is 0 Å². The minimum Gasteiger partial charge on any atom is -0.452 e. The van der Waals surface area contributed by atoms with Gasteiger partial charge in [-0.05, 0) is 36.1 Å². The van der Waals surface area contributed by atoms with Crippen LogP contribution in [0.3, 0.4) is 0 Å². The van der Waals surface area contributed by atoms with Gasteiger partial charge in [0.1, 0.15) is 10.6 Å². The maximum atomic E-state index is 12.7. The highest BCUT2D eigenvalue weighted by Crippen LogP contribution is 2.38. The molecule has 0 aliphatic heterocycles. The summed E-state index contributed by atoms with van der Waals surface area (Å²) >= 11 is 2.72. The topological polar surface area (TPSA) is 84.5 Å². The first-order valence-electron chi connectivity index (χ1n) is 8.40. The largest absolute Gasteiger partial charge is 0.452 e. The number of carbonyl (C=O) groups is 3. The van der Waals surface area contributed by atoms with Crippen molar-refractivity contribution in [3.8, 4) is 10.4 Å². The van der Waals surface area contributed by atoms with Gasteiger partial charge >= 0.3 is 5.97 Å². The molecule has 0 atom stereocenters. The Hall–Kier alpha value is -2.97. The Bertz CT molecular complexity index is 1010. The number of hydrogen-bond donors (Lipinski definition) is 2. The Kier molecular flexibility index (Phi) is 6.23. The van der Waals surface area contributed by atoms with Crippen molar-refractivity contribution >= 4 is 51.1 Å². The van der Waals surface area contributed by atoms with Gasteiger partial charge in [-0.15, -0.1) is 22.7 Å². The van der Waals surface area contributed by atoms with E-state index in [2.05, 4.69) is 10.6 Å². The SMILES string of the molecule is CC(=O)Nc1scc(-c2cccs2)c1C(=O)OCC(=O)Nc1cccc(C)c1. The molecule has 3 rings (SSSR count). The number of amides is 2. The molecule has 2 amide bonds. The third kappa shape index (κ3) is 4.85. The van der Waals surface area contributed by atoms with Crippen molar-refractivity contribution < 1.29 is 19.1 Å². The summed E-state index contributed by atoms with van der Waals surface area (Å²) in [6.07, 6.45) is 0. The van der Waals surface area contributed by atoms with Crippen LogP contribution in [0.25, 0.3) is 10.4 Å². The van der Waals surface area contributed by atoms with Crippen LogP contribution in [0, 0.1) is 6.92 Å². The maximum Gasteiger partial charge on any atom is 0.342 e. The molecule has 0 bridgehead atoms. The molecule has 0 saturated heterocycles. The van der Waals surface area contributed by atoms with Crippen LogP contribution in [0.4, 0.5) is 10.7 Å². The van der Waals surface area contributed by atoms with Crippen molar-refractivity contribution in [3.63, 3.8) is 0 Å². The van der Waals surface area contributed by atoms with Crippen molar-refractivity contribution in [2.45, 2.75) is 13.8 Å². The molecule has 0 fully saturated rings. The molecule has 28 heavy (non-hydrogen) atoms. The fourth-order valence-corrected chi connectivity index (χ4v) is 4.37. The van der Waals surface area contributed by atoms with Crippen LogP contribution in [0.15, 0.2) is 47.2 Å². The summed E-state index contributed by atoms with van der Waals surface area (Å²) in [6, 6.07) is 11.1. The highest BCUT2D eigenvalue weighted by atomic mass is 32.1. The summed E-state index contributed by atoms with van der Waals surface area (Å²) < 4.78 is 5.22. The Morgan fingerprint density at radius 3 is 2.57 bits per heavy atom. The summed E-state index contributed by atoms with van der Waals surface area (Å²) in [6.45, 7) is 2.86. The van der Waals surface area contributed by atoms with E-state index < -0.39 is 18.5 Å². The summed E-state index contributed by atoms with van der Waals surface area (Å²) in [5.74, 6) is -1.38. The van der Waals surface area contributed by atoms with E-state index in [0.717, 1.165) is 10.4 Å². The second kappa shape index (κ2) is 8.81. The molecule has 0 unspecified atom stereocenters. The second-order valence-corrected chi connectivity index (χ2v) is 7.83. The molecule has 0 spiro atoms. The number of hydrogen-bond acceptors (Lipinski definition) is 6. The van der Waals surface area contributed by atoms with Gasteiger partial charge in [-0.25, -0.2) is 4.79 Å². The normalized spacial score (nSPS) is 10.4. The minimum absolute atomic E-state index is 0.256. The first-order valence-corrected chi connectivity index (χ1v) is 10.2. The molecular weight excluding hydrogens is 396 g/mol. The number of carbonyl (C=O) groups excluding carboxylic acids is 3. The lowest BCUT2D eigenvalue weighted by molar-refractivity contribution is -0.119. The van der Waals surface area contributed by atoms with Crippen molar-refractivity contribution in [1.29, 1.82) is 0 Å². The predicted octanol–water partition coefficient (Wildman–Crippen LogP) is 4.54. The van der Waals surface area contributed by atoms with Gasteiger partial charge < -0.3 is 15.4 Å². The molecule has 0 aliphatic rings. The highest BCUT2D eigenvalue weighted by molar-refractivity contribution is 7.17. The van der Waals surface area contributed by atoms with Gasteiger partial charge in [-0.1, -0.05) is 18.2 Å². The number of nitrogens with one attached hydrogen (secondary N) is 2. The molecule has 8 heteroatoms.